The number of nitrogens with zero attached hydrogens (tertiary/aromatic N) is 3. The highest BCUT2D eigenvalue weighted by molar-refractivity contribution is 7.89. The zero-order valence-corrected chi connectivity index (χ0v) is 19.8. The molecule has 1 atom stereocenters. The standard InChI is InChI=1S/C23H26FN3O6S/c1-32-20-8-7-17(14-21(20)33-2)34(30,31)26-11-9-25(10-12-26)23(29)16-13-22(28)27(15-16)19-6-4-3-5-18(19)24/h3-8,14,16H,9-13,15H2,1-2H3/t16-/m1/s1. The molecule has 11 heteroatoms. The van der Waals surface area contributed by atoms with Crippen molar-refractivity contribution in [3.8, 4) is 11.5 Å². The number of para-hydroxylation sites is 1. The minimum absolute atomic E-state index is 0.00266. The Labute approximate surface area is 197 Å². The molecule has 2 aromatic carbocycles. The van der Waals surface area contributed by atoms with E-state index >= 15 is 0 Å². The van der Waals surface area contributed by atoms with Crippen LogP contribution in [0.5, 0.6) is 11.5 Å². The second-order valence-corrected chi connectivity index (χ2v) is 10.0. The van der Waals surface area contributed by atoms with Crippen LogP contribution in [0.15, 0.2) is 47.4 Å². The first-order valence-electron chi connectivity index (χ1n) is 10.8. The summed E-state index contributed by atoms with van der Waals surface area (Å²) in [6, 6.07) is 10.4. The van der Waals surface area contributed by atoms with Gasteiger partial charge in [-0.1, -0.05) is 12.1 Å². The first kappa shape index (κ1) is 24.0. The van der Waals surface area contributed by atoms with Gasteiger partial charge < -0.3 is 19.3 Å². The second-order valence-electron chi connectivity index (χ2n) is 8.10. The molecule has 0 unspecified atom stereocenters. The molecule has 2 aliphatic heterocycles. The smallest absolute Gasteiger partial charge is 0.243 e. The van der Waals surface area contributed by atoms with Gasteiger partial charge in [-0.05, 0) is 24.3 Å². The minimum Gasteiger partial charge on any atom is -0.493 e. The van der Waals surface area contributed by atoms with Gasteiger partial charge in [-0.2, -0.15) is 4.31 Å². The van der Waals surface area contributed by atoms with E-state index in [1.807, 2.05) is 0 Å². The molecule has 0 aromatic heterocycles. The lowest BCUT2D eigenvalue weighted by atomic mass is 10.1. The molecule has 0 radical (unpaired) electrons. The number of hydrogen-bond acceptors (Lipinski definition) is 6. The maximum atomic E-state index is 14.1. The molecule has 9 nitrogen and oxygen atoms in total. The molecule has 2 heterocycles. The van der Waals surface area contributed by atoms with Crippen molar-refractivity contribution in [1.82, 2.24) is 9.21 Å². The van der Waals surface area contributed by atoms with Crippen molar-refractivity contribution in [2.75, 3.05) is 51.8 Å². The number of sulfonamides is 1. The fraction of sp³-hybridized carbons (Fsp3) is 0.391. The van der Waals surface area contributed by atoms with Crippen molar-refractivity contribution in [3.63, 3.8) is 0 Å². The van der Waals surface area contributed by atoms with Gasteiger partial charge in [-0.3, -0.25) is 9.59 Å². The van der Waals surface area contributed by atoms with Crippen LogP contribution in [-0.4, -0.2) is 76.4 Å². The van der Waals surface area contributed by atoms with Crippen LogP contribution in [0.25, 0.3) is 0 Å². The Balaban J connectivity index is 1.40. The molecule has 2 amide bonds. The summed E-state index contributed by atoms with van der Waals surface area (Å²) in [5.41, 5.74) is 0.161. The summed E-state index contributed by atoms with van der Waals surface area (Å²) in [5, 5.41) is 0. The lowest BCUT2D eigenvalue weighted by Gasteiger charge is -2.35. The van der Waals surface area contributed by atoms with Gasteiger partial charge >= 0.3 is 0 Å². The molecule has 2 saturated heterocycles. The van der Waals surface area contributed by atoms with E-state index in [-0.39, 0.29) is 61.5 Å². The first-order chi connectivity index (χ1) is 16.3. The molecule has 0 aliphatic carbocycles. The Morgan fingerprint density at radius 3 is 2.32 bits per heavy atom. The third kappa shape index (κ3) is 4.45. The van der Waals surface area contributed by atoms with E-state index < -0.39 is 21.8 Å². The highest BCUT2D eigenvalue weighted by Gasteiger charge is 2.39. The maximum absolute atomic E-state index is 14.1. The van der Waals surface area contributed by atoms with Crippen molar-refractivity contribution < 1.29 is 31.9 Å². The summed E-state index contributed by atoms with van der Waals surface area (Å²) in [6.07, 6.45) is -0.00266. The fourth-order valence-corrected chi connectivity index (χ4v) is 5.75. The van der Waals surface area contributed by atoms with Crippen molar-refractivity contribution in [2.45, 2.75) is 11.3 Å². The van der Waals surface area contributed by atoms with Crippen molar-refractivity contribution in [1.29, 1.82) is 0 Å². The summed E-state index contributed by atoms with van der Waals surface area (Å²) >= 11 is 0. The van der Waals surface area contributed by atoms with Gasteiger partial charge in [0, 0.05) is 45.2 Å². The number of benzene rings is 2. The number of anilines is 1. The molecule has 0 N–H and O–H groups in total. The van der Waals surface area contributed by atoms with Crippen LogP contribution in [0.1, 0.15) is 6.42 Å². The second kappa shape index (κ2) is 9.59. The molecule has 2 aliphatic rings. The van der Waals surface area contributed by atoms with Crippen LogP contribution >= 0.6 is 0 Å². The molecule has 34 heavy (non-hydrogen) atoms. The predicted molar refractivity (Wildman–Crippen MR) is 122 cm³/mol. The number of amides is 2. The SMILES string of the molecule is COc1ccc(S(=O)(=O)N2CCN(C(=O)[C@@H]3CC(=O)N(c4ccccc4F)C3)CC2)cc1OC. The number of rotatable bonds is 6. The van der Waals surface area contributed by atoms with Gasteiger partial charge in [-0.15, -0.1) is 0 Å². The average Bonchev–Trinajstić information content (AvgIpc) is 3.24. The number of piperazine rings is 1. The Bertz CT molecular complexity index is 1200. The quantitative estimate of drug-likeness (QED) is 0.611. The van der Waals surface area contributed by atoms with Crippen molar-refractivity contribution in [3.05, 3.63) is 48.3 Å². The molecule has 0 saturated carbocycles. The molecule has 0 bridgehead atoms. The number of hydrogen-bond donors (Lipinski definition) is 0. The molecule has 0 spiro atoms. The van der Waals surface area contributed by atoms with E-state index in [9.17, 15) is 22.4 Å². The number of ether oxygens (including phenoxy) is 2. The van der Waals surface area contributed by atoms with Crippen LogP contribution in [0.3, 0.4) is 0 Å². The van der Waals surface area contributed by atoms with Crippen LogP contribution in [-0.2, 0) is 19.6 Å². The van der Waals surface area contributed by atoms with Crippen LogP contribution in [0, 0.1) is 11.7 Å². The third-order valence-electron chi connectivity index (χ3n) is 6.16. The van der Waals surface area contributed by atoms with Gasteiger partial charge in [0.25, 0.3) is 0 Å². The van der Waals surface area contributed by atoms with E-state index in [4.69, 9.17) is 9.47 Å². The summed E-state index contributed by atoms with van der Waals surface area (Å²) in [5.74, 6) is -0.914. The highest BCUT2D eigenvalue weighted by atomic mass is 32.2. The number of methoxy groups -OCH3 is 2. The normalized spacial score (nSPS) is 19.4. The van der Waals surface area contributed by atoms with Gasteiger partial charge in [0.15, 0.2) is 11.5 Å². The summed E-state index contributed by atoms with van der Waals surface area (Å²) in [7, 11) is -0.892. The Kier molecular flexibility index (Phi) is 6.76. The van der Waals surface area contributed by atoms with E-state index in [1.54, 1.807) is 11.0 Å². The van der Waals surface area contributed by atoms with Gasteiger partial charge in [0.05, 0.1) is 30.7 Å². The maximum Gasteiger partial charge on any atom is 0.243 e. The van der Waals surface area contributed by atoms with Crippen molar-refractivity contribution in [2.24, 2.45) is 5.92 Å². The molecule has 2 fully saturated rings. The number of carbonyl (C=O) groups excluding carboxylic acids is 2. The Hall–Kier alpha value is -3.18. The minimum atomic E-state index is -3.79. The van der Waals surface area contributed by atoms with Gasteiger partial charge in [0.1, 0.15) is 5.82 Å². The van der Waals surface area contributed by atoms with Crippen LogP contribution in [0.4, 0.5) is 10.1 Å². The van der Waals surface area contributed by atoms with Crippen molar-refractivity contribution >= 4 is 27.5 Å². The lowest BCUT2D eigenvalue weighted by Crippen LogP contribution is -2.52. The van der Waals surface area contributed by atoms with Crippen LogP contribution < -0.4 is 14.4 Å². The Morgan fingerprint density at radius 2 is 1.68 bits per heavy atom. The van der Waals surface area contributed by atoms with Crippen LogP contribution in [0.2, 0.25) is 0 Å². The van der Waals surface area contributed by atoms with Gasteiger partial charge in [-0.25, -0.2) is 12.8 Å². The zero-order valence-electron chi connectivity index (χ0n) is 18.9. The average molecular weight is 492 g/mol. The molecule has 2 aromatic rings. The third-order valence-corrected chi connectivity index (χ3v) is 8.06. The molecule has 4 rings (SSSR count). The fourth-order valence-electron chi connectivity index (χ4n) is 4.31. The number of halogens is 1. The van der Waals surface area contributed by atoms with E-state index in [2.05, 4.69) is 0 Å². The lowest BCUT2D eigenvalue weighted by molar-refractivity contribution is -0.136. The van der Waals surface area contributed by atoms with E-state index in [0.717, 1.165) is 0 Å². The first-order valence-corrected chi connectivity index (χ1v) is 12.3. The molecular weight excluding hydrogens is 465 g/mol. The monoisotopic (exact) mass is 491 g/mol. The van der Waals surface area contributed by atoms with E-state index in [1.165, 1.54) is 59.8 Å². The van der Waals surface area contributed by atoms with E-state index in [0.29, 0.717) is 11.5 Å². The Morgan fingerprint density at radius 1 is 1.00 bits per heavy atom. The predicted octanol–water partition coefficient (Wildman–Crippen LogP) is 1.73. The zero-order chi connectivity index (χ0) is 24.5. The summed E-state index contributed by atoms with van der Waals surface area (Å²) < 4.78 is 52.0. The summed E-state index contributed by atoms with van der Waals surface area (Å²) in [4.78, 5) is 28.4. The van der Waals surface area contributed by atoms with Gasteiger partial charge in [0.2, 0.25) is 21.8 Å². The topological polar surface area (TPSA) is 96.5 Å². The summed E-state index contributed by atoms with van der Waals surface area (Å²) in [6.45, 7) is 0.758. The molecule has 182 valence electrons. The highest BCUT2D eigenvalue weighted by Crippen LogP contribution is 2.32. The largest absolute Gasteiger partial charge is 0.493 e. The number of carbonyl (C=O) groups is 2. The molecular formula is C23H26FN3O6S.